The fraction of sp³-hybridized carbons (Fsp3) is 0.800. The zero-order valence-electron chi connectivity index (χ0n) is 6.91. The number of hydrogen-bond donors (Lipinski definition) is 0. The van der Waals surface area contributed by atoms with Gasteiger partial charge in [0.15, 0.2) is 6.10 Å². The van der Waals surface area contributed by atoms with Crippen LogP contribution in [0.3, 0.4) is 0 Å². The lowest BCUT2D eigenvalue weighted by atomic mass is 10.4. The van der Waals surface area contributed by atoms with Gasteiger partial charge in [-0.15, -0.1) is 0 Å². The molecule has 0 aliphatic carbocycles. The summed E-state index contributed by atoms with van der Waals surface area (Å²) in [5.41, 5.74) is -5.53. The van der Waals surface area contributed by atoms with Crippen LogP contribution in [0.25, 0.3) is 0 Å². The summed E-state index contributed by atoms with van der Waals surface area (Å²) < 4.78 is 63.6. The first-order valence-corrected chi connectivity index (χ1v) is 4.53. The van der Waals surface area contributed by atoms with Crippen LogP contribution in [0.1, 0.15) is 0 Å². The maximum atomic E-state index is 11.7. The van der Waals surface area contributed by atoms with Crippen molar-refractivity contribution >= 4 is 10.1 Å². The fourth-order valence-corrected chi connectivity index (χ4v) is 0.959. The second-order valence-corrected chi connectivity index (χ2v) is 3.63. The molecular weight excluding hydrogens is 227 g/mol. The van der Waals surface area contributed by atoms with E-state index in [1.54, 1.807) is 0 Å². The van der Waals surface area contributed by atoms with Crippen molar-refractivity contribution in [3.8, 4) is 6.07 Å². The number of alkyl halides is 3. The predicted octanol–water partition coefficient (Wildman–Crippen LogP) is 0.391. The summed E-state index contributed by atoms with van der Waals surface area (Å²) in [5.74, 6) is 0. The number of methoxy groups -OCH3 is 1. The topological polar surface area (TPSA) is 76.4 Å². The van der Waals surface area contributed by atoms with Crippen LogP contribution in [0, 0.1) is 11.3 Å². The highest BCUT2D eigenvalue weighted by Crippen LogP contribution is 2.25. The smallest absolute Gasteiger partial charge is 0.381 e. The summed E-state index contributed by atoms with van der Waals surface area (Å²) in [7, 11) is -4.64. The Morgan fingerprint density at radius 1 is 1.50 bits per heavy atom. The number of hydrogen-bond acceptors (Lipinski definition) is 5. The number of ether oxygens (including phenoxy) is 1. The van der Waals surface area contributed by atoms with Crippen molar-refractivity contribution in [2.75, 3.05) is 13.7 Å². The van der Waals surface area contributed by atoms with Gasteiger partial charge >= 0.3 is 15.6 Å². The zero-order valence-corrected chi connectivity index (χ0v) is 7.72. The molecule has 0 spiro atoms. The number of nitriles is 1. The van der Waals surface area contributed by atoms with Gasteiger partial charge in [0.25, 0.3) is 0 Å². The number of nitrogens with zero attached hydrogens (tertiary/aromatic N) is 1. The second-order valence-electron chi connectivity index (χ2n) is 2.07. The Morgan fingerprint density at radius 2 is 2.00 bits per heavy atom. The SMILES string of the molecule is COCC(C#N)OS(=O)(=O)C(F)(F)F. The van der Waals surface area contributed by atoms with Gasteiger partial charge in [0.1, 0.15) is 0 Å². The highest BCUT2D eigenvalue weighted by atomic mass is 32.2. The van der Waals surface area contributed by atoms with Crippen molar-refractivity contribution < 1.29 is 30.5 Å². The molecule has 0 heterocycles. The quantitative estimate of drug-likeness (QED) is 0.518. The van der Waals surface area contributed by atoms with Crippen molar-refractivity contribution in [2.24, 2.45) is 0 Å². The third-order valence-corrected chi connectivity index (χ3v) is 2.04. The largest absolute Gasteiger partial charge is 0.523 e. The standard InChI is InChI=1S/C5H6F3NO4S/c1-12-3-4(2-9)13-14(10,11)5(6,7)8/h4H,3H2,1H3. The van der Waals surface area contributed by atoms with Crippen LogP contribution in [-0.2, 0) is 19.0 Å². The van der Waals surface area contributed by atoms with Gasteiger partial charge in [-0.3, -0.25) is 0 Å². The van der Waals surface area contributed by atoms with E-state index >= 15 is 0 Å². The van der Waals surface area contributed by atoms with E-state index in [2.05, 4.69) is 8.92 Å². The second kappa shape index (κ2) is 4.59. The Morgan fingerprint density at radius 3 is 2.29 bits per heavy atom. The molecule has 0 saturated heterocycles. The Bertz CT molecular complexity index is 317. The molecule has 0 aromatic rings. The van der Waals surface area contributed by atoms with Crippen molar-refractivity contribution in [2.45, 2.75) is 11.6 Å². The minimum absolute atomic E-state index is 0.564. The molecule has 0 radical (unpaired) electrons. The summed E-state index contributed by atoms with van der Waals surface area (Å²) >= 11 is 0. The van der Waals surface area contributed by atoms with Crippen molar-refractivity contribution in [1.82, 2.24) is 0 Å². The monoisotopic (exact) mass is 233 g/mol. The van der Waals surface area contributed by atoms with E-state index in [1.165, 1.54) is 6.07 Å². The van der Waals surface area contributed by atoms with E-state index in [4.69, 9.17) is 5.26 Å². The van der Waals surface area contributed by atoms with Crippen LogP contribution in [0.2, 0.25) is 0 Å². The highest BCUT2D eigenvalue weighted by molar-refractivity contribution is 7.87. The molecule has 1 atom stereocenters. The molecule has 0 aromatic carbocycles. The molecule has 0 fully saturated rings. The van der Waals surface area contributed by atoms with E-state index in [-0.39, 0.29) is 0 Å². The fourth-order valence-electron chi connectivity index (χ4n) is 0.445. The molecule has 5 nitrogen and oxygen atoms in total. The van der Waals surface area contributed by atoms with E-state index in [9.17, 15) is 21.6 Å². The third kappa shape index (κ3) is 3.49. The van der Waals surface area contributed by atoms with E-state index in [1.807, 2.05) is 0 Å². The van der Waals surface area contributed by atoms with Crippen molar-refractivity contribution in [3.05, 3.63) is 0 Å². The first kappa shape index (κ1) is 13.2. The molecule has 1 unspecified atom stereocenters. The lowest BCUT2D eigenvalue weighted by Crippen LogP contribution is -2.31. The van der Waals surface area contributed by atoms with Gasteiger partial charge in [0.05, 0.1) is 12.7 Å². The zero-order chi connectivity index (χ0) is 11.4. The Balaban J connectivity index is 4.60. The average molecular weight is 233 g/mol. The van der Waals surface area contributed by atoms with Crippen LogP contribution in [0.4, 0.5) is 13.2 Å². The van der Waals surface area contributed by atoms with E-state index in [0.717, 1.165) is 7.11 Å². The van der Waals surface area contributed by atoms with Crippen molar-refractivity contribution in [3.63, 3.8) is 0 Å². The van der Waals surface area contributed by atoms with Gasteiger partial charge in [0, 0.05) is 7.11 Å². The molecule has 14 heavy (non-hydrogen) atoms. The first-order chi connectivity index (χ1) is 6.24. The number of halogens is 3. The molecule has 0 aliphatic rings. The molecule has 82 valence electrons. The van der Waals surface area contributed by atoms with E-state index in [0.29, 0.717) is 0 Å². The molecular formula is C5H6F3NO4S. The summed E-state index contributed by atoms with van der Waals surface area (Å²) in [6.45, 7) is -0.564. The minimum atomic E-state index is -5.73. The van der Waals surface area contributed by atoms with Gasteiger partial charge in [-0.05, 0) is 0 Å². The summed E-state index contributed by atoms with van der Waals surface area (Å²) in [5, 5.41) is 8.20. The molecule has 0 N–H and O–H groups in total. The van der Waals surface area contributed by atoms with Gasteiger partial charge in [-0.25, -0.2) is 4.18 Å². The number of rotatable bonds is 4. The van der Waals surface area contributed by atoms with Gasteiger partial charge in [-0.1, -0.05) is 0 Å². The van der Waals surface area contributed by atoms with Gasteiger partial charge < -0.3 is 4.74 Å². The third-order valence-electron chi connectivity index (χ3n) is 0.988. The maximum Gasteiger partial charge on any atom is 0.523 e. The molecule has 0 saturated carbocycles. The van der Waals surface area contributed by atoms with E-state index < -0.39 is 28.3 Å². The van der Waals surface area contributed by atoms with Crippen LogP contribution >= 0.6 is 0 Å². The predicted molar refractivity (Wildman–Crippen MR) is 37.3 cm³/mol. The summed E-state index contributed by atoms with van der Waals surface area (Å²) in [4.78, 5) is 0. The van der Waals surface area contributed by atoms with Crippen molar-refractivity contribution in [1.29, 1.82) is 5.26 Å². The van der Waals surface area contributed by atoms with Crippen LogP contribution in [-0.4, -0.2) is 33.7 Å². The molecule has 9 heteroatoms. The molecule has 0 aliphatic heterocycles. The van der Waals surface area contributed by atoms with Crippen LogP contribution in [0.5, 0.6) is 0 Å². The molecule has 0 aromatic heterocycles. The average Bonchev–Trinajstić information content (AvgIpc) is 2.01. The Labute approximate surface area is 78.1 Å². The lowest BCUT2D eigenvalue weighted by Gasteiger charge is -2.11. The Kier molecular flexibility index (Phi) is 4.31. The van der Waals surface area contributed by atoms with Crippen LogP contribution < -0.4 is 0 Å². The highest BCUT2D eigenvalue weighted by Gasteiger charge is 2.48. The van der Waals surface area contributed by atoms with Gasteiger partial charge in [-0.2, -0.15) is 26.9 Å². The van der Waals surface area contributed by atoms with Gasteiger partial charge in [0.2, 0.25) is 0 Å². The molecule has 0 bridgehead atoms. The Hall–Kier alpha value is -0.850. The summed E-state index contributed by atoms with van der Waals surface area (Å²) in [6.07, 6.45) is -1.80. The maximum absolute atomic E-state index is 11.7. The lowest BCUT2D eigenvalue weighted by molar-refractivity contribution is -0.0574. The molecule has 0 amide bonds. The minimum Gasteiger partial charge on any atom is -0.381 e. The first-order valence-electron chi connectivity index (χ1n) is 3.12. The normalized spacial score (nSPS) is 14.8. The molecule has 0 rings (SSSR count). The summed E-state index contributed by atoms with van der Waals surface area (Å²) in [6, 6.07) is 1.20. The van der Waals surface area contributed by atoms with Crippen LogP contribution in [0.15, 0.2) is 0 Å².